The maximum Gasteiger partial charge on any atom is 0.338 e. The molecule has 0 saturated carbocycles. The van der Waals surface area contributed by atoms with Crippen LogP contribution in [0.15, 0.2) is 54.9 Å². The number of hydrogen-bond donors (Lipinski definition) is 1. The number of nitrogens with zero attached hydrogens (tertiary/aromatic N) is 5. The molecule has 3 aromatic rings. The fourth-order valence-corrected chi connectivity index (χ4v) is 2.28. The van der Waals surface area contributed by atoms with E-state index in [-0.39, 0.29) is 16.9 Å². The average Bonchev–Trinajstić information content (AvgIpc) is 3.23. The second-order valence-corrected chi connectivity index (χ2v) is 5.65. The summed E-state index contributed by atoms with van der Waals surface area (Å²) in [4.78, 5) is 34.8. The van der Waals surface area contributed by atoms with Crippen molar-refractivity contribution in [2.75, 3.05) is 5.32 Å². The molecular formula is C17H14N6O5. The molecule has 0 spiro atoms. The molecule has 0 aliphatic carbocycles. The molecule has 1 unspecified atom stereocenters. The highest BCUT2D eigenvalue weighted by Gasteiger charge is 2.20. The molecule has 3 rings (SSSR count). The highest BCUT2D eigenvalue weighted by atomic mass is 16.6. The Morgan fingerprint density at radius 1 is 1.21 bits per heavy atom. The van der Waals surface area contributed by atoms with E-state index < -0.39 is 22.9 Å². The predicted molar refractivity (Wildman–Crippen MR) is 95.8 cm³/mol. The van der Waals surface area contributed by atoms with Crippen LogP contribution in [0.1, 0.15) is 17.3 Å². The molecular weight excluding hydrogens is 368 g/mol. The number of esters is 1. The van der Waals surface area contributed by atoms with Crippen LogP contribution in [0.3, 0.4) is 0 Å². The van der Waals surface area contributed by atoms with E-state index in [0.717, 1.165) is 0 Å². The minimum Gasteiger partial charge on any atom is -0.449 e. The van der Waals surface area contributed by atoms with Crippen molar-refractivity contribution in [2.24, 2.45) is 0 Å². The second kappa shape index (κ2) is 8.03. The van der Waals surface area contributed by atoms with Gasteiger partial charge in [0.15, 0.2) is 6.10 Å². The van der Waals surface area contributed by atoms with Crippen molar-refractivity contribution >= 4 is 23.3 Å². The van der Waals surface area contributed by atoms with Crippen molar-refractivity contribution in [1.29, 1.82) is 0 Å². The fourth-order valence-electron chi connectivity index (χ4n) is 2.28. The Labute approximate surface area is 158 Å². The molecule has 0 aliphatic heterocycles. The van der Waals surface area contributed by atoms with Gasteiger partial charge in [0.1, 0.15) is 6.33 Å². The molecule has 28 heavy (non-hydrogen) atoms. The summed E-state index contributed by atoms with van der Waals surface area (Å²) in [6, 6.07) is 11.8. The van der Waals surface area contributed by atoms with Gasteiger partial charge in [0.25, 0.3) is 11.6 Å². The molecule has 0 radical (unpaired) electrons. The third-order valence-corrected chi connectivity index (χ3v) is 3.67. The van der Waals surface area contributed by atoms with Crippen molar-refractivity contribution in [3.05, 3.63) is 70.5 Å². The summed E-state index contributed by atoms with van der Waals surface area (Å²) in [7, 11) is 0. The largest absolute Gasteiger partial charge is 0.449 e. The van der Waals surface area contributed by atoms with Crippen LogP contribution in [0.5, 0.6) is 0 Å². The van der Waals surface area contributed by atoms with Gasteiger partial charge in [-0.2, -0.15) is 0 Å². The Kier molecular flexibility index (Phi) is 5.35. The lowest BCUT2D eigenvalue weighted by atomic mass is 10.2. The van der Waals surface area contributed by atoms with E-state index in [2.05, 4.69) is 20.8 Å². The van der Waals surface area contributed by atoms with Gasteiger partial charge in [0.2, 0.25) is 0 Å². The molecule has 2 aromatic carbocycles. The molecule has 11 nitrogen and oxygen atoms in total. The number of non-ortho nitro benzene ring substituents is 1. The van der Waals surface area contributed by atoms with Gasteiger partial charge < -0.3 is 10.1 Å². The lowest BCUT2D eigenvalue weighted by Crippen LogP contribution is -2.30. The summed E-state index contributed by atoms with van der Waals surface area (Å²) in [6.07, 6.45) is 0.253. The Bertz CT molecular complexity index is 1020. The Morgan fingerprint density at radius 3 is 2.71 bits per heavy atom. The number of tetrazole rings is 1. The van der Waals surface area contributed by atoms with Crippen LogP contribution in [0.2, 0.25) is 0 Å². The molecule has 1 aromatic heterocycles. The minimum atomic E-state index is -1.12. The predicted octanol–water partition coefficient (Wildman–Crippen LogP) is 1.75. The topological polar surface area (TPSA) is 142 Å². The van der Waals surface area contributed by atoms with E-state index in [0.29, 0.717) is 5.69 Å². The van der Waals surface area contributed by atoms with Gasteiger partial charge in [0, 0.05) is 17.8 Å². The highest BCUT2D eigenvalue weighted by molar-refractivity contribution is 5.97. The van der Waals surface area contributed by atoms with Gasteiger partial charge in [-0.25, -0.2) is 9.48 Å². The van der Waals surface area contributed by atoms with Gasteiger partial charge in [-0.3, -0.25) is 14.9 Å². The van der Waals surface area contributed by atoms with Gasteiger partial charge in [-0.05, 0) is 41.6 Å². The number of carbonyl (C=O) groups excluding carboxylic acids is 2. The summed E-state index contributed by atoms with van der Waals surface area (Å²) >= 11 is 0. The van der Waals surface area contributed by atoms with Crippen LogP contribution in [0.4, 0.5) is 11.4 Å². The van der Waals surface area contributed by atoms with Crippen LogP contribution in [0, 0.1) is 10.1 Å². The van der Waals surface area contributed by atoms with Crippen molar-refractivity contribution in [2.45, 2.75) is 13.0 Å². The molecule has 11 heteroatoms. The van der Waals surface area contributed by atoms with E-state index in [1.54, 1.807) is 12.1 Å². The van der Waals surface area contributed by atoms with Crippen molar-refractivity contribution in [3.8, 4) is 5.69 Å². The number of amides is 1. The lowest BCUT2D eigenvalue weighted by molar-refractivity contribution is -0.384. The smallest absolute Gasteiger partial charge is 0.338 e. The van der Waals surface area contributed by atoms with E-state index >= 15 is 0 Å². The van der Waals surface area contributed by atoms with E-state index in [1.165, 1.54) is 54.3 Å². The SMILES string of the molecule is CC(OC(=O)c1cccc(-n2cnnn2)c1)C(=O)Nc1cccc([N+](=O)[O-])c1. The van der Waals surface area contributed by atoms with E-state index in [1.807, 2.05) is 0 Å². The Morgan fingerprint density at radius 2 is 2.00 bits per heavy atom. The van der Waals surface area contributed by atoms with Gasteiger partial charge in [-0.15, -0.1) is 5.10 Å². The standard InChI is InChI=1S/C17H14N6O5/c1-11(16(24)19-13-5-3-7-15(9-13)23(26)27)28-17(25)12-4-2-6-14(8-12)22-10-18-20-21-22/h2-11H,1H3,(H,19,24). The summed E-state index contributed by atoms with van der Waals surface area (Å²) < 4.78 is 6.54. The molecule has 0 aliphatic rings. The Balaban J connectivity index is 1.65. The fraction of sp³-hybridized carbons (Fsp3) is 0.118. The second-order valence-electron chi connectivity index (χ2n) is 5.65. The number of anilines is 1. The third-order valence-electron chi connectivity index (χ3n) is 3.67. The molecule has 1 heterocycles. The zero-order valence-corrected chi connectivity index (χ0v) is 14.6. The number of benzene rings is 2. The number of ether oxygens (including phenoxy) is 1. The number of aromatic nitrogens is 4. The first kappa shape index (κ1) is 18.6. The molecule has 142 valence electrons. The number of nitro groups is 1. The molecule has 0 fully saturated rings. The summed E-state index contributed by atoms with van der Waals surface area (Å²) in [6.45, 7) is 1.40. The molecule has 0 saturated heterocycles. The van der Waals surface area contributed by atoms with Crippen LogP contribution < -0.4 is 5.32 Å². The van der Waals surface area contributed by atoms with Gasteiger partial charge in [0.05, 0.1) is 16.2 Å². The van der Waals surface area contributed by atoms with Crippen LogP contribution in [-0.2, 0) is 9.53 Å². The third kappa shape index (κ3) is 4.33. The summed E-state index contributed by atoms with van der Waals surface area (Å²) in [5.41, 5.74) is 0.820. The molecule has 1 amide bonds. The number of nitro benzene ring substituents is 1. The van der Waals surface area contributed by atoms with Crippen LogP contribution in [0.25, 0.3) is 5.69 Å². The minimum absolute atomic E-state index is 0.165. The van der Waals surface area contributed by atoms with Gasteiger partial charge >= 0.3 is 5.97 Å². The van der Waals surface area contributed by atoms with E-state index in [9.17, 15) is 19.7 Å². The maximum atomic E-state index is 12.3. The van der Waals surface area contributed by atoms with Crippen LogP contribution in [-0.4, -0.2) is 43.1 Å². The lowest BCUT2D eigenvalue weighted by Gasteiger charge is -2.14. The number of hydrogen-bond acceptors (Lipinski definition) is 8. The van der Waals surface area contributed by atoms with Gasteiger partial charge in [-0.1, -0.05) is 12.1 Å². The van der Waals surface area contributed by atoms with Crippen molar-refractivity contribution in [3.63, 3.8) is 0 Å². The first-order chi connectivity index (χ1) is 13.4. The first-order valence-electron chi connectivity index (χ1n) is 8.04. The normalized spacial score (nSPS) is 11.5. The molecule has 1 atom stereocenters. The quantitative estimate of drug-likeness (QED) is 0.386. The monoisotopic (exact) mass is 382 g/mol. The van der Waals surface area contributed by atoms with Crippen LogP contribution >= 0.6 is 0 Å². The number of nitrogens with one attached hydrogen (secondary N) is 1. The number of rotatable bonds is 6. The zero-order valence-electron chi connectivity index (χ0n) is 14.6. The molecule has 0 bridgehead atoms. The maximum absolute atomic E-state index is 12.3. The van der Waals surface area contributed by atoms with E-state index in [4.69, 9.17) is 4.74 Å². The van der Waals surface area contributed by atoms with Crippen molar-refractivity contribution < 1.29 is 19.2 Å². The van der Waals surface area contributed by atoms with Crippen molar-refractivity contribution in [1.82, 2.24) is 20.2 Å². The zero-order chi connectivity index (χ0) is 20.1. The highest BCUT2D eigenvalue weighted by Crippen LogP contribution is 2.18. The Hall–Kier alpha value is -4.15. The number of carbonyl (C=O) groups is 2. The first-order valence-corrected chi connectivity index (χ1v) is 8.04. The summed E-state index contributed by atoms with van der Waals surface area (Å²) in [5, 5.41) is 24.1. The average molecular weight is 382 g/mol. The molecule has 1 N–H and O–H groups in total. The summed E-state index contributed by atoms with van der Waals surface area (Å²) in [5.74, 6) is -1.33.